The number of hydrogen-bond acceptors (Lipinski definition) is 3. The van der Waals surface area contributed by atoms with Crippen molar-refractivity contribution in [1.82, 2.24) is 0 Å². The minimum absolute atomic E-state index is 0.114. The van der Waals surface area contributed by atoms with Crippen molar-refractivity contribution < 1.29 is 4.74 Å². The van der Waals surface area contributed by atoms with Crippen molar-refractivity contribution in [2.45, 2.75) is 57.8 Å². The average molecular weight is 351 g/mol. The summed E-state index contributed by atoms with van der Waals surface area (Å²) < 4.78 is 5.63. The molecule has 1 N–H and O–H groups in total. The summed E-state index contributed by atoms with van der Waals surface area (Å²) in [5, 5.41) is 8.54. The number of alkyl halides is 1. The van der Waals surface area contributed by atoms with E-state index in [0.29, 0.717) is 5.88 Å². The lowest BCUT2D eigenvalue weighted by Gasteiger charge is -2.30. The van der Waals surface area contributed by atoms with Gasteiger partial charge in [0.1, 0.15) is 5.75 Å². The van der Waals surface area contributed by atoms with E-state index < -0.39 is 0 Å². The Morgan fingerprint density at radius 3 is 2.67 bits per heavy atom. The molecule has 0 radical (unpaired) electrons. The van der Waals surface area contributed by atoms with Gasteiger partial charge in [-0.1, -0.05) is 13.3 Å². The zero-order valence-corrected chi connectivity index (χ0v) is 15.9. The highest BCUT2D eigenvalue weighted by molar-refractivity contribution is 6.17. The van der Waals surface area contributed by atoms with Gasteiger partial charge in [-0.05, 0) is 56.7 Å². The Kier molecular flexibility index (Phi) is 7.90. The highest BCUT2D eigenvalue weighted by atomic mass is 35.5. The molecule has 0 aliphatic carbocycles. The molecule has 0 bridgehead atoms. The van der Waals surface area contributed by atoms with Crippen molar-refractivity contribution in [3.63, 3.8) is 0 Å². The summed E-state index contributed by atoms with van der Waals surface area (Å²) in [4.78, 5) is 2.47. The Hall–Kier alpha value is -1.22. The molecule has 0 amide bonds. The fraction of sp³-hybridized carbons (Fsp3) is 0.650. The normalized spacial score (nSPS) is 16.0. The van der Waals surface area contributed by atoms with Crippen LogP contribution in [-0.4, -0.2) is 31.8 Å². The molecule has 0 aromatic heterocycles. The van der Waals surface area contributed by atoms with E-state index in [1.165, 1.54) is 24.9 Å². The Labute approximate surface area is 151 Å². The van der Waals surface area contributed by atoms with Crippen molar-refractivity contribution in [2.24, 2.45) is 0 Å². The number of methoxy groups -OCH3 is 1. The van der Waals surface area contributed by atoms with Crippen LogP contribution in [0.1, 0.15) is 63.4 Å². The third kappa shape index (κ3) is 4.89. The summed E-state index contributed by atoms with van der Waals surface area (Å²) in [6, 6.07) is 6.50. The van der Waals surface area contributed by atoms with E-state index in [9.17, 15) is 0 Å². The minimum atomic E-state index is 0.114. The van der Waals surface area contributed by atoms with Crippen molar-refractivity contribution >= 4 is 23.0 Å². The number of hydrogen-bond donors (Lipinski definition) is 1. The number of rotatable bonds is 9. The zero-order chi connectivity index (χ0) is 17.4. The summed E-state index contributed by atoms with van der Waals surface area (Å²) in [6.07, 6.45) is 7.55. The van der Waals surface area contributed by atoms with Gasteiger partial charge in [-0.2, -0.15) is 0 Å². The molecule has 1 unspecified atom stereocenters. The van der Waals surface area contributed by atoms with Crippen LogP contribution in [0.4, 0.5) is 5.69 Å². The molecule has 1 heterocycles. The van der Waals surface area contributed by atoms with Crippen molar-refractivity contribution in [2.75, 3.05) is 31.0 Å². The smallest absolute Gasteiger partial charge is 0.122 e. The molecule has 4 heteroatoms. The quantitative estimate of drug-likeness (QED) is 0.464. The highest BCUT2D eigenvalue weighted by Gasteiger charge is 2.22. The van der Waals surface area contributed by atoms with Crippen LogP contribution >= 0.6 is 11.6 Å². The van der Waals surface area contributed by atoms with Crippen LogP contribution < -0.4 is 9.64 Å². The predicted molar refractivity (Wildman–Crippen MR) is 104 cm³/mol. The molecule has 3 nitrogen and oxygen atoms in total. The van der Waals surface area contributed by atoms with Gasteiger partial charge < -0.3 is 15.0 Å². The van der Waals surface area contributed by atoms with E-state index in [0.717, 1.165) is 55.8 Å². The van der Waals surface area contributed by atoms with Crippen LogP contribution in [0.5, 0.6) is 5.75 Å². The maximum absolute atomic E-state index is 8.54. The molecular formula is C20H31ClN2O. The van der Waals surface area contributed by atoms with Crippen LogP contribution in [0.3, 0.4) is 0 Å². The van der Waals surface area contributed by atoms with E-state index in [1.54, 1.807) is 7.11 Å². The maximum atomic E-state index is 8.54. The lowest BCUT2D eigenvalue weighted by atomic mass is 9.87. The first kappa shape index (κ1) is 19.1. The summed E-state index contributed by atoms with van der Waals surface area (Å²) >= 11 is 5.93. The Bertz CT molecular complexity index is 526. The molecule has 2 rings (SSSR count). The van der Waals surface area contributed by atoms with Crippen molar-refractivity contribution in [1.29, 1.82) is 5.41 Å². The molecule has 24 heavy (non-hydrogen) atoms. The second kappa shape index (κ2) is 9.93. The molecule has 1 aromatic carbocycles. The van der Waals surface area contributed by atoms with Gasteiger partial charge in [0.25, 0.3) is 0 Å². The third-order valence-electron chi connectivity index (χ3n) is 4.88. The molecule has 1 atom stereocenters. The first-order chi connectivity index (χ1) is 11.7. The fourth-order valence-electron chi connectivity index (χ4n) is 3.59. The number of benzene rings is 1. The average Bonchev–Trinajstić information content (AvgIpc) is 2.63. The number of halogens is 1. The molecule has 0 saturated carbocycles. The van der Waals surface area contributed by atoms with Crippen molar-refractivity contribution in [3.05, 3.63) is 23.8 Å². The van der Waals surface area contributed by atoms with Crippen LogP contribution in [0.2, 0.25) is 0 Å². The van der Waals surface area contributed by atoms with E-state index in [4.69, 9.17) is 21.7 Å². The van der Waals surface area contributed by atoms with Gasteiger partial charge in [-0.3, -0.25) is 0 Å². The number of piperidine rings is 1. The number of anilines is 1. The second-order valence-corrected chi connectivity index (χ2v) is 7.01. The largest absolute Gasteiger partial charge is 0.496 e. The molecule has 1 aromatic rings. The van der Waals surface area contributed by atoms with Gasteiger partial charge in [0.05, 0.1) is 7.11 Å². The molecule has 1 aliphatic heterocycles. The van der Waals surface area contributed by atoms with Gasteiger partial charge in [0.15, 0.2) is 0 Å². The summed E-state index contributed by atoms with van der Waals surface area (Å²) in [6.45, 7) is 4.39. The Morgan fingerprint density at radius 1 is 1.29 bits per heavy atom. The van der Waals surface area contributed by atoms with Gasteiger partial charge in [-0.15, -0.1) is 11.6 Å². The zero-order valence-electron chi connectivity index (χ0n) is 15.1. The molecule has 134 valence electrons. The highest BCUT2D eigenvalue weighted by Crippen LogP contribution is 2.35. The van der Waals surface area contributed by atoms with Gasteiger partial charge in [0.2, 0.25) is 0 Å². The van der Waals surface area contributed by atoms with Gasteiger partial charge in [-0.25, -0.2) is 0 Å². The lowest BCUT2D eigenvalue weighted by Crippen LogP contribution is -2.29. The Morgan fingerprint density at radius 2 is 2.04 bits per heavy atom. The van der Waals surface area contributed by atoms with Crippen LogP contribution in [0.15, 0.2) is 18.2 Å². The van der Waals surface area contributed by atoms with Crippen LogP contribution in [0.25, 0.3) is 0 Å². The van der Waals surface area contributed by atoms with Gasteiger partial charge in [0, 0.05) is 41.8 Å². The fourth-order valence-corrected chi connectivity index (χ4v) is 3.74. The van der Waals surface area contributed by atoms with E-state index in [-0.39, 0.29) is 5.92 Å². The maximum Gasteiger partial charge on any atom is 0.122 e. The summed E-state index contributed by atoms with van der Waals surface area (Å²) in [5.41, 5.74) is 3.23. The number of ether oxygens (including phenoxy) is 1. The monoisotopic (exact) mass is 350 g/mol. The second-order valence-electron chi connectivity index (χ2n) is 6.63. The van der Waals surface area contributed by atoms with Crippen LogP contribution in [0, 0.1) is 5.41 Å². The first-order valence-corrected chi connectivity index (χ1v) is 9.80. The number of nitrogens with one attached hydrogen (secondary N) is 1. The van der Waals surface area contributed by atoms with E-state index in [1.807, 2.05) is 0 Å². The molecule has 1 fully saturated rings. The topological polar surface area (TPSA) is 36.3 Å². The molecule has 1 aliphatic rings. The third-order valence-corrected chi connectivity index (χ3v) is 5.14. The molecule has 1 saturated heterocycles. The first-order valence-electron chi connectivity index (χ1n) is 9.27. The van der Waals surface area contributed by atoms with Gasteiger partial charge >= 0.3 is 0 Å². The van der Waals surface area contributed by atoms with E-state index >= 15 is 0 Å². The summed E-state index contributed by atoms with van der Waals surface area (Å²) in [5.74, 6) is 1.66. The Balaban J connectivity index is 2.32. The molecular weight excluding hydrogens is 320 g/mol. The SMILES string of the molecule is CCCC(=N)C(CCCCl)c1cc(N2CCCCC2)ccc1OC. The van der Waals surface area contributed by atoms with Crippen molar-refractivity contribution in [3.8, 4) is 5.75 Å². The lowest BCUT2D eigenvalue weighted by molar-refractivity contribution is 0.407. The predicted octanol–water partition coefficient (Wildman–Crippen LogP) is 5.61. The van der Waals surface area contributed by atoms with Crippen LogP contribution in [-0.2, 0) is 0 Å². The standard InChI is InChI=1S/C20H31ClN2O/c1-3-8-19(22)17(9-7-12-21)18-15-16(10-11-20(18)24-2)23-13-5-4-6-14-23/h10-11,15,17,22H,3-9,12-14H2,1-2H3. The number of nitrogens with zero attached hydrogens (tertiary/aromatic N) is 1. The molecule has 0 spiro atoms. The minimum Gasteiger partial charge on any atom is -0.496 e. The summed E-state index contributed by atoms with van der Waals surface area (Å²) in [7, 11) is 1.72. The van der Waals surface area contributed by atoms with E-state index in [2.05, 4.69) is 30.0 Å².